The molecule has 2 aromatic rings. The number of aryl methyl sites for hydroxylation is 1. The van der Waals surface area contributed by atoms with Crippen molar-refractivity contribution in [2.75, 3.05) is 6.54 Å². The zero-order valence-corrected chi connectivity index (χ0v) is 16.1. The van der Waals surface area contributed by atoms with Gasteiger partial charge in [0.25, 0.3) is 0 Å². The molecule has 0 spiro atoms. The van der Waals surface area contributed by atoms with E-state index in [0.29, 0.717) is 30.1 Å². The smallest absolute Gasteiger partial charge is 0.410 e. The van der Waals surface area contributed by atoms with Crippen molar-refractivity contribution in [3.05, 3.63) is 34.0 Å². The Morgan fingerprint density at radius 1 is 1.50 bits per heavy atom. The molecule has 8 heteroatoms. The Balaban J connectivity index is 1.81. The molecule has 0 atom stereocenters. The van der Waals surface area contributed by atoms with Crippen molar-refractivity contribution < 1.29 is 9.53 Å². The minimum absolute atomic E-state index is 0.324. The molecule has 0 aliphatic carbocycles. The Kier molecular flexibility index (Phi) is 4.83. The molecule has 0 fully saturated rings. The molecule has 0 N–H and O–H groups in total. The number of carbonyl (C=O) groups excluding carboxylic acids is 1. The van der Waals surface area contributed by atoms with Crippen molar-refractivity contribution in [2.24, 2.45) is 12.0 Å². The molecule has 0 bridgehead atoms. The van der Waals surface area contributed by atoms with Gasteiger partial charge in [-0.1, -0.05) is 0 Å². The van der Waals surface area contributed by atoms with Crippen LogP contribution >= 0.6 is 11.3 Å². The summed E-state index contributed by atoms with van der Waals surface area (Å²) in [6, 6.07) is 2.27. The van der Waals surface area contributed by atoms with E-state index in [4.69, 9.17) is 4.74 Å². The monoisotopic (exact) mass is 371 g/mol. The average Bonchev–Trinajstić information content (AvgIpc) is 3.13. The normalized spacial score (nSPS) is 14.3. The summed E-state index contributed by atoms with van der Waals surface area (Å²) >= 11 is 1.45. The molecule has 3 rings (SSSR count). The van der Waals surface area contributed by atoms with E-state index in [0.717, 1.165) is 16.0 Å². The lowest BCUT2D eigenvalue weighted by molar-refractivity contribution is 0.0226. The highest BCUT2D eigenvalue weighted by Crippen LogP contribution is 2.38. The van der Waals surface area contributed by atoms with Crippen molar-refractivity contribution in [3.8, 4) is 6.07 Å². The number of hydrogen-bond donors (Lipinski definition) is 0. The first-order valence-corrected chi connectivity index (χ1v) is 9.14. The third-order valence-corrected chi connectivity index (χ3v) is 4.98. The Morgan fingerprint density at radius 3 is 2.88 bits per heavy atom. The summed E-state index contributed by atoms with van der Waals surface area (Å²) < 4.78 is 7.15. The SMILES string of the molecule is Cn1cc(/C=N/c2sc3c(c2C#N)CCN(C(=O)OC(C)(C)C)C3)cn1. The van der Waals surface area contributed by atoms with Gasteiger partial charge in [0.05, 0.1) is 18.3 Å². The second-order valence-electron chi connectivity index (χ2n) is 7.15. The fourth-order valence-electron chi connectivity index (χ4n) is 2.72. The van der Waals surface area contributed by atoms with Gasteiger partial charge in [0.1, 0.15) is 16.7 Å². The number of nitriles is 1. The van der Waals surface area contributed by atoms with Crippen molar-refractivity contribution in [1.82, 2.24) is 14.7 Å². The minimum Gasteiger partial charge on any atom is -0.444 e. The number of aromatic nitrogens is 2. The van der Waals surface area contributed by atoms with Gasteiger partial charge in [0.15, 0.2) is 0 Å². The molecule has 0 radical (unpaired) electrons. The minimum atomic E-state index is -0.524. The molecule has 136 valence electrons. The number of ether oxygens (including phenoxy) is 1. The zero-order chi connectivity index (χ0) is 18.9. The van der Waals surface area contributed by atoms with Crippen LogP contribution < -0.4 is 0 Å². The molecule has 1 amide bonds. The largest absolute Gasteiger partial charge is 0.444 e. The number of rotatable bonds is 2. The van der Waals surface area contributed by atoms with E-state index in [2.05, 4.69) is 16.2 Å². The van der Waals surface area contributed by atoms with Gasteiger partial charge >= 0.3 is 6.09 Å². The van der Waals surface area contributed by atoms with E-state index in [1.165, 1.54) is 11.3 Å². The third kappa shape index (κ3) is 3.94. The predicted molar refractivity (Wildman–Crippen MR) is 99.8 cm³/mol. The maximum Gasteiger partial charge on any atom is 0.410 e. The van der Waals surface area contributed by atoms with Crippen molar-refractivity contribution in [3.63, 3.8) is 0 Å². The number of amides is 1. The lowest BCUT2D eigenvalue weighted by Crippen LogP contribution is -2.39. The van der Waals surface area contributed by atoms with Crippen LogP contribution in [0.1, 0.15) is 42.3 Å². The van der Waals surface area contributed by atoms with Crippen LogP contribution in [-0.2, 0) is 24.8 Å². The Labute approximate surface area is 156 Å². The summed E-state index contributed by atoms with van der Waals surface area (Å²) in [5.41, 5.74) is 1.95. The maximum absolute atomic E-state index is 12.3. The van der Waals surface area contributed by atoms with E-state index in [1.54, 1.807) is 22.0 Å². The van der Waals surface area contributed by atoms with Crippen molar-refractivity contribution >= 4 is 28.6 Å². The number of thiophene rings is 1. The highest BCUT2D eigenvalue weighted by Gasteiger charge is 2.29. The number of aliphatic imine (C=N–C) groups is 1. The summed E-state index contributed by atoms with van der Waals surface area (Å²) in [4.78, 5) is 19.5. The van der Waals surface area contributed by atoms with Gasteiger partial charge in [-0.2, -0.15) is 10.4 Å². The second kappa shape index (κ2) is 6.92. The van der Waals surface area contributed by atoms with Crippen LogP contribution in [-0.4, -0.2) is 39.1 Å². The summed E-state index contributed by atoms with van der Waals surface area (Å²) in [7, 11) is 1.84. The Hall–Kier alpha value is -2.66. The van der Waals surface area contributed by atoms with Crippen LogP contribution in [0.25, 0.3) is 0 Å². The first-order chi connectivity index (χ1) is 12.3. The summed E-state index contributed by atoms with van der Waals surface area (Å²) in [5.74, 6) is 0. The second-order valence-corrected chi connectivity index (χ2v) is 8.24. The molecule has 1 aliphatic rings. The van der Waals surface area contributed by atoms with Crippen molar-refractivity contribution in [2.45, 2.75) is 39.3 Å². The number of carbonyl (C=O) groups is 1. The lowest BCUT2D eigenvalue weighted by Gasteiger charge is -2.29. The Morgan fingerprint density at radius 2 is 2.27 bits per heavy atom. The number of hydrogen-bond acceptors (Lipinski definition) is 6. The van der Waals surface area contributed by atoms with Crippen molar-refractivity contribution in [1.29, 1.82) is 5.26 Å². The first-order valence-electron chi connectivity index (χ1n) is 8.32. The van der Waals surface area contributed by atoms with Gasteiger partial charge in [-0.15, -0.1) is 11.3 Å². The average molecular weight is 371 g/mol. The van der Waals surface area contributed by atoms with E-state index in [1.807, 2.05) is 34.0 Å². The summed E-state index contributed by atoms with van der Waals surface area (Å²) in [5, 5.41) is 14.3. The van der Waals surface area contributed by atoms with E-state index in [9.17, 15) is 10.1 Å². The Bertz CT molecular complexity index is 898. The number of nitrogens with zero attached hydrogens (tertiary/aromatic N) is 5. The van der Waals surface area contributed by atoms with Crippen LogP contribution in [0.2, 0.25) is 0 Å². The van der Waals surface area contributed by atoms with Gasteiger partial charge in [-0.3, -0.25) is 4.68 Å². The van der Waals surface area contributed by atoms with Gasteiger partial charge < -0.3 is 9.64 Å². The number of fused-ring (bicyclic) bond motifs is 1. The zero-order valence-electron chi connectivity index (χ0n) is 15.3. The molecule has 7 nitrogen and oxygen atoms in total. The first kappa shape index (κ1) is 18.1. The summed E-state index contributed by atoms with van der Waals surface area (Å²) in [6.07, 6.45) is 5.59. The maximum atomic E-state index is 12.3. The van der Waals surface area contributed by atoms with Crippen LogP contribution in [0.15, 0.2) is 17.4 Å². The lowest BCUT2D eigenvalue weighted by atomic mass is 10.0. The highest BCUT2D eigenvalue weighted by atomic mass is 32.1. The van der Waals surface area contributed by atoms with Gasteiger partial charge in [-0.05, 0) is 32.8 Å². The molecular weight excluding hydrogens is 350 g/mol. The van der Waals surface area contributed by atoms with Crippen LogP contribution in [0, 0.1) is 11.3 Å². The molecule has 3 heterocycles. The van der Waals surface area contributed by atoms with Gasteiger partial charge in [-0.25, -0.2) is 9.79 Å². The highest BCUT2D eigenvalue weighted by molar-refractivity contribution is 7.16. The van der Waals surface area contributed by atoms with Crippen LogP contribution in [0.4, 0.5) is 9.80 Å². The van der Waals surface area contributed by atoms with E-state index in [-0.39, 0.29) is 6.09 Å². The van der Waals surface area contributed by atoms with Crippen LogP contribution in [0.3, 0.4) is 0 Å². The van der Waals surface area contributed by atoms with E-state index >= 15 is 0 Å². The van der Waals surface area contributed by atoms with E-state index < -0.39 is 5.60 Å². The molecule has 0 saturated carbocycles. The quantitative estimate of drug-likeness (QED) is 0.758. The van der Waals surface area contributed by atoms with Gasteiger partial charge in [0, 0.05) is 36.4 Å². The molecule has 0 saturated heterocycles. The van der Waals surface area contributed by atoms with Crippen LogP contribution in [0.5, 0.6) is 0 Å². The molecule has 26 heavy (non-hydrogen) atoms. The molecular formula is C18H21N5O2S. The standard InChI is InChI=1S/C18H21N5O2S/c1-18(2,3)25-17(24)23-6-5-13-14(7-19)16(26-15(13)11-23)20-8-12-9-21-22(4)10-12/h8-10H,5-6,11H2,1-4H3/b20-8+. The molecule has 0 unspecified atom stereocenters. The molecule has 1 aliphatic heterocycles. The summed E-state index contributed by atoms with van der Waals surface area (Å²) in [6.45, 7) is 6.55. The third-order valence-electron chi connectivity index (χ3n) is 3.86. The molecule has 2 aromatic heterocycles. The molecule has 0 aromatic carbocycles. The topological polar surface area (TPSA) is 83.5 Å². The van der Waals surface area contributed by atoms with Gasteiger partial charge in [0.2, 0.25) is 0 Å². The predicted octanol–water partition coefficient (Wildman–Crippen LogP) is 3.40. The fourth-order valence-corrected chi connectivity index (χ4v) is 3.88. The fraction of sp³-hybridized carbons (Fsp3) is 0.444.